The molecule has 0 saturated heterocycles. The monoisotopic (exact) mass is 530 g/mol. The number of benzene rings is 6. The van der Waals surface area contributed by atoms with E-state index >= 15 is 0 Å². The van der Waals surface area contributed by atoms with Gasteiger partial charge >= 0.3 is 0 Å². The van der Waals surface area contributed by atoms with Gasteiger partial charge in [-0.15, -0.1) is 0 Å². The Morgan fingerprint density at radius 3 is 1.27 bits per heavy atom. The van der Waals surface area contributed by atoms with Crippen molar-refractivity contribution in [3.8, 4) is 22.6 Å². The van der Waals surface area contributed by atoms with Crippen LogP contribution in [0.5, 0.6) is 11.5 Å². The zero-order chi connectivity index (χ0) is 27.8. The van der Waals surface area contributed by atoms with Crippen LogP contribution in [0.3, 0.4) is 0 Å². The van der Waals surface area contributed by atoms with Gasteiger partial charge in [0.25, 0.3) is 0 Å². The molecule has 0 amide bonds. The van der Waals surface area contributed by atoms with Crippen molar-refractivity contribution < 1.29 is 9.47 Å². The van der Waals surface area contributed by atoms with E-state index in [0.717, 1.165) is 44.5 Å². The lowest BCUT2D eigenvalue weighted by Gasteiger charge is -2.14. The first-order chi connectivity index (χ1) is 20.1. The van der Waals surface area contributed by atoms with Crippen molar-refractivity contribution in [3.63, 3.8) is 0 Å². The molecule has 2 nitrogen and oxygen atoms in total. The minimum atomic E-state index is 0.186. The standard InChI is InChI=1S/C39H30O2/c1-26-3-7-28(8-4-26)11-13-30-15-19-34-32(23-30)17-21-36-38(34)39-35-20-16-31(14-12-29-9-5-27(2)6-10-29)24-33(35)18-22-37(39)41-25-40-36/h3-24H,25H2,1-2H3/b13-11+,14-12+. The minimum absolute atomic E-state index is 0.186. The van der Waals surface area contributed by atoms with E-state index in [1.165, 1.54) is 33.0 Å². The van der Waals surface area contributed by atoms with Gasteiger partial charge in [0, 0.05) is 11.1 Å². The molecule has 0 N–H and O–H groups in total. The maximum absolute atomic E-state index is 6.11. The molecule has 0 radical (unpaired) electrons. The summed E-state index contributed by atoms with van der Waals surface area (Å²) in [5.41, 5.74) is 9.40. The summed E-state index contributed by atoms with van der Waals surface area (Å²) in [5, 5.41) is 4.64. The highest BCUT2D eigenvalue weighted by Gasteiger charge is 2.22. The number of rotatable bonds is 4. The highest BCUT2D eigenvalue weighted by atomic mass is 16.7. The minimum Gasteiger partial charge on any atom is -0.457 e. The van der Waals surface area contributed by atoms with E-state index in [9.17, 15) is 0 Å². The van der Waals surface area contributed by atoms with Gasteiger partial charge in [-0.1, -0.05) is 120 Å². The van der Waals surface area contributed by atoms with Crippen molar-refractivity contribution in [2.24, 2.45) is 0 Å². The molecule has 6 aromatic carbocycles. The van der Waals surface area contributed by atoms with Crippen LogP contribution in [0.25, 0.3) is 57.0 Å². The first-order valence-electron chi connectivity index (χ1n) is 14.0. The molecule has 0 saturated carbocycles. The summed E-state index contributed by atoms with van der Waals surface area (Å²) < 4.78 is 12.2. The smallest absolute Gasteiger partial charge is 0.230 e. The average Bonchev–Trinajstić information content (AvgIpc) is 3.20. The van der Waals surface area contributed by atoms with Crippen molar-refractivity contribution in [2.75, 3.05) is 6.79 Å². The van der Waals surface area contributed by atoms with Gasteiger partial charge in [-0.3, -0.25) is 0 Å². The van der Waals surface area contributed by atoms with E-state index in [1.54, 1.807) is 0 Å². The maximum atomic E-state index is 6.11. The van der Waals surface area contributed by atoms with Gasteiger partial charge in [-0.05, 0) is 81.9 Å². The second-order valence-electron chi connectivity index (χ2n) is 10.7. The quantitative estimate of drug-likeness (QED) is 0.211. The summed E-state index contributed by atoms with van der Waals surface area (Å²) >= 11 is 0. The predicted molar refractivity (Wildman–Crippen MR) is 173 cm³/mol. The zero-order valence-corrected chi connectivity index (χ0v) is 23.2. The van der Waals surface area contributed by atoms with Gasteiger partial charge in [-0.2, -0.15) is 0 Å². The first-order valence-corrected chi connectivity index (χ1v) is 14.0. The molecule has 0 spiro atoms. The lowest BCUT2D eigenvalue weighted by Crippen LogP contribution is -2.03. The van der Waals surface area contributed by atoms with E-state index < -0.39 is 0 Å². The first kappa shape index (κ1) is 24.9. The number of ether oxygens (including phenoxy) is 2. The predicted octanol–water partition coefficient (Wildman–Crippen LogP) is 10.3. The Balaban J connectivity index is 1.30. The average molecular weight is 531 g/mol. The van der Waals surface area contributed by atoms with Gasteiger partial charge in [0.1, 0.15) is 11.5 Å². The molecule has 1 aliphatic rings. The summed E-state index contributed by atoms with van der Waals surface area (Å²) in [6.45, 7) is 4.41. The largest absolute Gasteiger partial charge is 0.457 e. The SMILES string of the molecule is Cc1ccc(/C=C/c2ccc3c4c(ccc3c2)OCOc2ccc3cc(/C=C/c5ccc(C)cc5)ccc3c2-4)cc1. The van der Waals surface area contributed by atoms with Crippen LogP contribution in [-0.2, 0) is 0 Å². The van der Waals surface area contributed by atoms with Crippen molar-refractivity contribution >= 4 is 45.8 Å². The fraction of sp³-hybridized carbons (Fsp3) is 0.0769. The fourth-order valence-electron chi connectivity index (χ4n) is 5.52. The summed E-state index contributed by atoms with van der Waals surface area (Å²) in [5.74, 6) is 1.69. The molecular formula is C39H30O2. The summed E-state index contributed by atoms with van der Waals surface area (Å²) in [4.78, 5) is 0. The van der Waals surface area contributed by atoms with Crippen LogP contribution >= 0.6 is 0 Å². The van der Waals surface area contributed by atoms with E-state index in [0.29, 0.717) is 0 Å². The van der Waals surface area contributed by atoms with Gasteiger partial charge in [0.15, 0.2) is 0 Å². The Morgan fingerprint density at radius 2 is 0.829 bits per heavy atom. The van der Waals surface area contributed by atoms with E-state index in [2.05, 4.69) is 147 Å². The second-order valence-corrected chi connectivity index (χ2v) is 10.7. The summed E-state index contributed by atoms with van der Waals surface area (Å²) in [7, 11) is 0. The molecule has 0 unspecified atom stereocenters. The second kappa shape index (κ2) is 10.5. The van der Waals surface area contributed by atoms with Crippen LogP contribution in [0, 0.1) is 13.8 Å². The Bertz CT molecular complexity index is 1810. The molecule has 6 aromatic rings. The molecule has 7 rings (SSSR count). The van der Waals surface area contributed by atoms with Crippen molar-refractivity contribution in [3.05, 3.63) is 143 Å². The highest BCUT2D eigenvalue weighted by Crippen LogP contribution is 2.47. The third-order valence-corrected chi connectivity index (χ3v) is 7.78. The van der Waals surface area contributed by atoms with E-state index in [1.807, 2.05) is 0 Å². The van der Waals surface area contributed by atoms with Crippen LogP contribution in [0.2, 0.25) is 0 Å². The molecule has 41 heavy (non-hydrogen) atoms. The molecule has 0 atom stereocenters. The van der Waals surface area contributed by atoms with E-state index in [4.69, 9.17) is 9.47 Å². The molecule has 0 fully saturated rings. The van der Waals surface area contributed by atoms with Crippen LogP contribution in [0.15, 0.2) is 109 Å². The molecule has 0 aromatic heterocycles. The van der Waals surface area contributed by atoms with Crippen LogP contribution in [-0.4, -0.2) is 6.79 Å². The van der Waals surface area contributed by atoms with Crippen LogP contribution < -0.4 is 9.47 Å². The topological polar surface area (TPSA) is 18.5 Å². The van der Waals surface area contributed by atoms with Crippen molar-refractivity contribution in [2.45, 2.75) is 13.8 Å². The Labute approximate surface area is 240 Å². The number of aryl methyl sites for hydroxylation is 2. The molecule has 1 heterocycles. The number of hydrogen-bond donors (Lipinski definition) is 0. The molecular weight excluding hydrogens is 500 g/mol. The van der Waals surface area contributed by atoms with Crippen LogP contribution in [0.1, 0.15) is 33.4 Å². The lowest BCUT2D eigenvalue weighted by atomic mass is 9.91. The molecule has 2 heteroatoms. The zero-order valence-electron chi connectivity index (χ0n) is 23.2. The van der Waals surface area contributed by atoms with Gasteiger partial charge in [0.05, 0.1) is 0 Å². The molecule has 0 bridgehead atoms. The molecule has 198 valence electrons. The third kappa shape index (κ3) is 5.01. The number of fused-ring (bicyclic) bond motifs is 7. The fourth-order valence-corrected chi connectivity index (χ4v) is 5.52. The van der Waals surface area contributed by atoms with Crippen LogP contribution in [0.4, 0.5) is 0 Å². The van der Waals surface area contributed by atoms with Crippen molar-refractivity contribution in [1.29, 1.82) is 0 Å². The lowest BCUT2D eigenvalue weighted by molar-refractivity contribution is 0.125. The summed E-state index contributed by atoms with van der Waals surface area (Å²) in [6.07, 6.45) is 8.66. The van der Waals surface area contributed by atoms with Gasteiger partial charge in [-0.25, -0.2) is 0 Å². The third-order valence-electron chi connectivity index (χ3n) is 7.78. The number of hydrogen-bond acceptors (Lipinski definition) is 2. The Hall–Kier alpha value is -5.08. The summed E-state index contributed by atoms with van der Waals surface area (Å²) in [6, 6.07) is 38.8. The maximum Gasteiger partial charge on any atom is 0.230 e. The molecule has 1 aliphatic heterocycles. The van der Waals surface area contributed by atoms with E-state index in [-0.39, 0.29) is 6.79 Å². The molecule has 0 aliphatic carbocycles. The Kier molecular flexibility index (Phi) is 6.37. The highest BCUT2D eigenvalue weighted by molar-refractivity contribution is 6.10. The normalized spacial score (nSPS) is 12.7. The Morgan fingerprint density at radius 1 is 0.439 bits per heavy atom. The van der Waals surface area contributed by atoms with Gasteiger partial charge < -0.3 is 9.47 Å². The van der Waals surface area contributed by atoms with Gasteiger partial charge in [0.2, 0.25) is 6.79 Å². The van der Waals surface area contributed by atoms with Crippen molar-refractivity contribution in [1.82, 2.24) is 0 Å².